The lowest BCUT2D eigenvalue weighted by Crippen LogP contribution is -2.13. The summed E-state index contributed by atoms with van der Waals surface area (Å²) in [5, 5.41) is 14.1. The number of hydrogen-bond donors (Lipinski definition) is 1. The van der Waals surface area contributed by atoms with Crippen LogP contribution in [0, 0.1) is 0 Å². The van der Waals surface area contributed by atoms with E-state index < -0.39 is 0 Å². The number of rotatable bonds is 2. The van der Waals surface area contributed by atoms with E-state index in [1.807, 2.05) is 36.4 Å². The van der Waals surface area contributed by atoms with Crippen molar-refractivity contribution < 1.29 is 5.21 Å². The van der Waals surface area contributed by atoms with Crippen LogP contribution < -0.4 is 5.06 Å². The molecule has 0 unspecified atom stereocenters. The van der Waals surface area contributed by atoms with E-state index >= 15 is 0 Å². The van der Waals surface area contributed by atoms with Gasteiger partial charge in [-0.3, -0.25) is 5.21 Å². The van der Waals surface area contributed by atoms with E-state index in [9.17, 15) is 5.21 Å². The van der Waals surface area contributed by atoms with Crippen molar-refractivity contribution in [1.82, 2.24) is 0 Å². The lowest BCUT2D eigenvalue weighted by atomic mass is 9.83. The van der Waals surface area contributed by atoms with Gasteiger partial charge in [-0.2, -0.15) is 0 Å². The summed E-state index contributed by atoms with van der Waals surface area (Å²) >= 11 is 0. The van der Waals surface area contributed by atoms with Crippen LogP contribution in [0.5, 0.6) is 0 Å². The molecule has 0 aliphatic rings. The van der Waals surface area contributed by atoms with E-state index in [0.29, 0.717) is 0 Å². The van der Waals surface area contributed by atoms with Gasteiger partial charge in [0.2, 0.25) is 0 Å². The van der Waals surface area contributed by atoms with Gasteiger partial charge in [0.15, 0.2) is 0 Å². The van der Waals surface area contributed by atoms with E-state index in [1.54, 1.807) is 0 Å². The summed E-state index contributed by atoms with van der Waals surface area (Å²) in [5.74, 6) is 0. The zero-order chi connectivity index (χ0) is 15.7. The molecule has 0 aliphatic heterocycles. The third kappa shape index (κ3) is 2.70. The molecule has 0 amide bonds. The Hall–Kier alpha value is -2.32. The molecule has 0 aromatic heterocycles. The molecule has 3 aromatic rings. The van der Waals surface area contributed by atoms with Crippen LogP contribution in [0.1, 0.15) is 26.3 Å². The maximum absolute atomic E-state index is 10.5. The minimum absolute atomic E-state index is 0.0607. The lowest BCUT2D eigenvalue weighted by Gasteiger charge is -2.23. The van der Waals surface area contributed by atoms with Crippen molar-refractivity contribution in [2.45, 2.75) is 26.2 Å². The Kier molecular flexibility index (Phi) is 3.63. The van der Waals surface area contributed by atoms with Crippen LogP contribution in [0.25, 0.3) is 10.8 Å². The minimum Gasteiger partial charge on any atom is -0.284 e. The van der Waals surface area contributed by atoms with Crippen LogP contribution in [0.3, 0.4) is 0 Å². The van der Waals surface area contributed by atoms with E-state index in [4.69, 9.17) is 0 Å². The molecule has 3 aromatic carbocycles. The van der Waals surface area contributed by atoms with Crippen molar-refractivity contribution in [2.75, 3.05) is 5.06 Å². The van der Waals surface area contributed by atoms with Gasteiger partial charge < -0.3 is 0 Å². The molecule has 22 heavy (non-hydrogen) atoms. The SMILES string of the molecule is CC(C)(C)c1cccc2ccc(N(O)c3ccccc3)cc12. The zero-order valence-corrected chi connectivity index (χ0v) is 13.2. The minimum atomic E-state index is 0.0607. The number of nitrogens with zero attached hydrogens (tertiary/aromatic N) is 1. The summed E-state index contributed by atoms with van der Waals surface area (Å²) in [6.45, 7) is 6.63. The molecule has 2 heteroatoms. The fourth-order valence-electron chi connectivity index (χ4n) is 2.76. The van der Waals surface area contributed by atoms with E-state index in [0.717, 1.165) is 11.4 Å². The maximum Gasteiger partial charge on any atom is 0.0699 e. The molecule has 1 N–H and O–H groups in total. The van der Waals surface area contributed by atoms with Gasteiger partial charge in [-0.25, -0.2) is 5.06 Å². The average molecular weight is 291 g/mol. The number of anilines is 2. The Morgan fingerprint density at radius 1 is 0.773 bits per heavy atom. The molecule has 0 saturated heterocycles. The van der Waals surface area contributed by atoms with Crippen LogP contribution >= 0.6 is 0 Å². The lowest BCUT2D eigenvalue weighted by molar-refractivity contribution is 0.301. The van der Waals surface area contributed by atoms with Gasteiger partial charge in [0.1, 0.15) is 0 Å². The van der Waals surface area contributed by atoms with E-state index in [1.165, 1.54) is 21.4 Å². The number of para-hydroxylation sites is 1. The maximum atomic E-state index is 10.5. The molecule has 112 valence electrons. The van der Waals surface area contributed by atoms with Crippen molar-refractivity contribution in [3.63, 3.8) is 0 Å². The normalized spacial score (nSPS) is 11.6. The Morgan fingerprint density at radius 2 is 1.50 bits per heavy atom. The highest BCUT2D eigenvalue weighted by Gasteiger charge is 2.17. The summed E-state index contributed by atoms with van der Waals surface area (Å²) in [4.78, 5) is 0. The first-order valence-corrected chi connectivity index (χ1v) is 7.54. The van der Waals surface area contributed by atoms with Crippen molar-refractivity contribution in [1.29, 1.82) is 0 Å². The first-order valence-electron chi connectivity index (χ1n) is 7.54. The second kappa shape index (κ2) is 5.47. The van der Waals surface area contributed by atoms with Crippen LogP contribution in [0.2, 0.25) is 0 Å². The number of hydrogen-bond acceptors (Lipinski definition) is 2. The third-order valence-electron chi connectivity index (χ3n) is 3.92. The summed E-state index contributed by atoms with van der Waals surface area (Å²) in [6.07, 6.45) is 0. The van der Waals surface area contributed by atoms with Crippen LogP contribution in [0.4, 0.5) is 11.4 Å². The smallest absolute Gasteiger partial charge is 0.0699 e. The Balaban J connectivity index is 2.13. The summed E-state index contributed by atoms with van der Waals surface area (Å²) in [7, 11) is 0. The predicted molar refractivity (Wildman–Crippen MR) is 93.0 cm³/mol. The Labute approximate surface area is 131 Å². The molecule has 0 saturated carbocycles. The van der Waals surface area contributed by atoms with Gasteiger partial charge in [0, 0.05) is 0 Å². The van der Waals surface area contributed by atoms with Gasteiger partial charge in [0.25, 0.3) is 0 Å². The second-order valence-corrected chi connectivity index (χ2v) is 6.61. The largest absolute Gasteiger partial charge is 0.284 e. The highest BCUT2D eigenvalue weighted by molar-refractivity contribution is 5.90. The molecule has 0 atom stereocenters. The highest BCUT2D eigenvalue weighted by Crippen LogP contribution is 2.33. The summed E-state index contributed by atoms with van der Waals surface area (Å²) in [6, 6.07) is 22.0. The molecule has 3 rings (SSSR count). The van der Waals surface area contributed by atoms with Gasteiger partial charge in [-0.05, 0) is 46.0 Å². The summed E-state index contributed by atoms with van der Waals surface area (Å²) in [5.41, 5.74) is 2.88. The Morgan fingerprint density at radius 3 is 2.18 bits per heavy atom. The molecule has 0 aliphatic carbocycles. The van der Waals surface area contributed by atoms with Crippen molar-refractivity contribution in [3.8, 4) is 0 Å². The highest BCUT2D eigenvalue weighted by atomic mass is 16.5. The van der Waals surface area contributed by atoms with Gasteiger partial charge in [0.05, 0.1) is 11.4 Å². The number of fused-ring (bicyclic) bond motifs is 1. The van der Waals surface area contributed by atoms with Gasteiger partial charge in [-0.1, -0.05) is 63.2 Å². The molecule has 0 heterocycles. The fourth-order valence-corrected chi connectivity index (χ4v) is 2.76. The third-order valence-corrected chi connectivity index (χ3v) is 3.92. The molecule has 2 nitrogen and oxygen atoms in total. The van der Waals surface area contributed by atoms with E-state index in [-0.39, 0.29) is 5.41 Å². The van der Waals surface area contributed by atoms with Crippen LogP contribution in [-0.4, -0.2) is 5.21 Å². The second-order valence-electron chi connectivity index (χ2n) is 6.61. The van der Waals surface area contributed by atoms with Crippen LogP contribution in [-0.2, 0) is 5.41 Å². The first kappa shape index (κ1) is 14.6. The molecule has 0 radical (unpaired) electrons. The van der Waals surface area contributed by atoms with Gasteiger partial charge in [-0.15, -0.1) is 0 Å². The summed E-state index contributed by atoms with van der Waals surface area (Å²) < 4.78 is 0. The molecule has 0 bridgehead atoms. The predicted octanol–water partition coefficient (Wildman–Crippen LogP) is 5.66. The van der Waals surface area contributed by atoms with Crippen molar-refractivity contribution >= 4 is 22.1 Å². The zero-order valence-electron chi connectivity index (χ0n) is 13.2. The first-order chi connectivity index (χ1) is 10.5. The Bertz CT molecular complexity index is 788. The molecular weight excluding hydrogens is 270 g/mol. The van der Waals surface area contributed by atoms with Crippen molar-refractivity contribution in [2.24, 2.45) is 0 Å². The van der Waals surface area contributed by atoms with Crippen LogP contribution in [0.15, 0.2) is 66.7 Å². The molecule has 0 fully saturated rings. The standard InChI is InChI=1S/C20H21NO/c1-20(2,3)19-11-7-8-15-12-13-17(14-18(15)19)21(22)16-9-5-4-6-10-16/h4-14,22H,1-3H3. The molecular formula is C20H21NO. The van der Waals surface area contributed by atoms with E-state index in [2.05, 4.69) is 51.1 Å². The quantitative estimate of drug-likeness (QED) is 0.615. The number of benzene rings is 3. The monoisotopic (exact) mass is 291 g/mol. The fraction of sp³-hybridized carbons (Fsp3) is 0.200. The van der Waals surface area contributed by atoms with Crippen molar-refractivity contribution in [3.05, 3.63) is 72.3 Å². The molecule has 0 spiro atoms. The topological polar surface area (TPSA) is 23.5 Å². The average Bonchev–Trinajstić information content (AvgIpc) is 2.53. The van der Waals surface area contributed by atoms with Gasteiger partial charge >= 0.3 is 0 Å².